The van der Waals surface area contributed by atoms with Crippen molar-refractivity contribution in [1.29, 1.82) is 0 Å². The lowest BCUT2D eigenvalue weighted by Gasteiger charge is -2.45. The van der Waals surface area contributed by atoms with Crippen molar-refractivity contribution < 1.29 is 9.53 Å². The van der Waals surface area contributed by atoms with Crippen LogP contribution in [0.5, 0.6) is 0 Å². The molecule has 0 aromatic heterocycles. The molecule has 4 nitrogen and oxygen atoms in total. The molecular weight excluding hydrogens is 276 g/mol. The quantitative estimate of drug-likeness (QED) is 0.909. The molecule has 0 bridgehead atoms. The maximum absolute atomic E-state index is 12.1. The van der Waals surface area contributed by atoms with Crippen molar-refractivity contribution in [2.24, 2.45) is 0 Å². The number of nitrogens with zero attached hydrogens (tertiary/aromatic N) is 1. The van der Waals surface area contributed by atoms with E-state index in [4.69, 9.17) is 4.74 Å². The second kappa shape index (κ2) is 5.67. The third-order valence-corrected chi connectivity index (χ3v) is 5.31. The van der Waals surface area contributed by atoms with Crippen LogP contribution >= 0.6 is 0 Å². The van der Waals surface area contributed by atoms with Gasteiger partial charge in [0.15, 0.2) is 0 Å². The fourth-order valence-electron chi connectivity index (χ4n) is 4.28. The average Bonchev–Trinajstić information content (AvgIpc) is 2.54. The number of fused-ring (bicyclic) bond motifs is 4. The zero-order valence-corrected chi connectivity index (χ0v) is 13.2. The van der Waals surface area contributed by atoms with Crippen molar-refractivity contribution in [3.63, 3.8) is 0 Å². The zero-order chi connectivity index (χ0) is 15.1. The normalized spacial score (nSPS) is 27.6. The Kier molecular flexibility index (Phi) is 3.66. The van der Waals surface area contributed by atoms with Gasteiger partial charge in [0.2, 0.25) is 0 Å². The Labute approximate surface area is 131 Å². The van der Waals surface area contributed by atoms with E-state index >= 15 is 0 Å². The topological polar surface area (TPSA) is 41.6 Å². The Balaban J connectivity index is 1.72. The number of hydrogen-bond donors (Lipinski definition) is 1. The molecule has 1 saturated heterocycles. The molecule has 1 aliphatic carbocycles. The van der Waals surface area contributed by atoms with E-state index in [-0.39, 0.29) is 12.0 Å². The minimum Gasteiger partial charge on any atom is -0.371 e. The van der Waals surface area contributed by atoms with Crippen LogP contribution < -0.4 is 5.32 Å². The maximum Gasteiger partial charge on any atom is 0.251 e. The molecule has 22 heavy (non-hydrogen) atoms. The van der Waals surface area contributed by atoms with E-state index in [9.17, 15) is 4.79 Å². The van der Waals surface area contributed by atoms with E-state index in [0.717, 1.165) is 44.6 Å². The number of morpholine rings is 1. The number of benzene rings is 1. The molecule has 0 spiro atoms. The Hall–Kier alpha value is -1.39. The van der Waals surface area contributed by atoms with Gasteiger partial charge in [-0.05, 0) is 55.0 Å². The summed E-state index contributed by atoms with van der Waals surface area (Å²) >= 11 is 0. The van der Waals surface area contributed by atoms with Gasteiger partial charge in [0.1, 0.15) is 0 Å². The van der Waals surface area contributed by atoms with Crippen LogP contribution in [0.2, 0.25) is 0 Å². The van der Waals surface area contributed by atoms with E-state index in [2.05, 4.69) is 29.3 Å². The highest BCUT2D eigenvalue weighted by Crippen LogP contribution is 2.39. The van der Waals surface area contributed by atoms with Gasteiger partial charge in [0.05, 0.1) is 12.7 Å². The Morgan fingerprint density at radius 1 is 1.32 bits per heavy atom. The van der Waals surface area contributed by atoms with Crippen molar-refractivity contribution in [3.05, 3.63) is 34.4 Å². The number of amides is 1. The molecule has 1 aromatic carbocycles. The van der Waals surface area contributed by atoms with Crippen molar-refractivity contribution in [1.82, 2.24) is 10.2 Å². The molecule has 1 fully saturated rings. The van der Waals surface area contributed by atoms with Crippen LogP contribution in [-0.4, -0.2) is 43.1 Å². The van der Waals surface area contributed by atoms with Crippen molar-refractivity contribution in [3.8, 4) is 0 Å². The summed E-state index contributed by atoms with van der Waals surface area (Å²) in [5.74, 6) is 0.0763. The first kappa shape index (κ1) is 14.2. The summed E-state index contributed by atoms with van der Waals surface area (Å²) in [6.07, 6.45) is 4.55. The SMILES string of the molecule is CCCN1CCO[C@@H]2c3cc4c(cc3CC[C@H]21)CCNC4=O. The lowest BCUT2D eigenvalue weighted by atomic mass is 9.81. The summed E-state index contributed by atoms with van der Waals surface area (Å²) < 4.78 is 6.14. The molecule has 118 valence electrons. The minimum absolute atomic E-state index is 0.0763. The smallest absolute Gasteiger partial charge is 0.251 e. The molecule has 2 aliphatic heterocycles. The summed E-state index contributed by atoms with van der Waals surface area (Å²) in [5.41, 5.74) is 4.73. The predicted octanol–water partition coefficient (Wildman–Crippen LogP) is 2.07. The Morgan fingerprint density at radius 3 is 3.09 bits per heavy atom. The van der Waals surface area contributed by atoms with Gasteiger partial charge in [-0.25, -0.2) is 0 Å². The lowest BCUT2D eigenvalue weighted by Crippen LogP contribution is -2.49. The molecular formula is C18H24N2O2. The first-order chi connectivity index (χ1) is 10.8. The molecule has 1 N–H and O–H groups in total. The molecule has 2 heterocycles. The van der Waals surface area contributed by atoms with Gasteiger partial charge >= 0.3 is 0 Å². The summed E-state index contributed by atoms with van der Waals surface area (Å²) in [7, 11) is 0. The second-order valence-corrected chi connectivity index (χ2v) is 6.65. The number of nitrogens with one attached hydrogen (secondary N) is 1. The monoisotopic (exact) mass is 300 g/mol. The van der Waals surface area contributed by atoms with Crippen molar-refractivity contribution in [2.75, 3.05) is 26.2 Å². The fraction of sp³-hybridized carbons (Fsp3) is 0.611. The summed E-state index contributed by atoms with van der Waals surface area (Å²) in [5, 5.41) is 2.96. The molecule has 1 amide bonds. The predicted molar refractivity (Wildman–Crippen MR) is 85.1 cm³/mol. The summed E-state index contributed by atoms with van der Waals surface area (Å²) in [6, 6.07) is 4.86. The van der Waals surface area contributed by atoms with Crippen LogP contribution in [0.15, 0.2) is 12.1 Å². The van der Waals surface area contributed by atoms with E-state index < -0.39 is 0 Å². The number of carbonyl (C=O) groups excluding carboxylic acids is 1. The van der Waals surface area contributed by atoms with Crippen LogP contribution in [-0.2, 0) is 17.6 Å². The van der Waals surface area contributed by atoms with Crippen LogP contribution in [0, 0.1) is 0 Å². The number of aryl methyl sites for hydroxylation is 1. The van der Waals surface area contributed by atoms with Gasteiger partial charge in [0.25, 0.3) is 5.91 Å². The minimum atomic E-state index is 0.0763. The molecule has 4 heteroatoms. The average molecular weight is 300 g/mol. The number of hydrogen-bond acceptors (Lipinski definition) is 3. The number of carbonyl (C=O) groups is 1. The van der Waals surface area contributed by atoms with Gasteiger partial charge < -0.3 is 10.1 Å². The largest absolute Gasteiger partial charge is 0.371 e. The van der Waals surface area contributed by atoms with Gasteiger partial charge in [-0.2, -0.15) is 0 Å². The molecule has 3 aliphatic rings. The van der Waals surface area contributed by atoms with Gasteiger partial charge in [-0.15, -0.1) is 0 Å². The summed E-state index contributed by atoms with van der Waals surface area (Å²) in [4.78, 5) is 14.7. The number of rotatable bonds is 2. The third kappa shape index (κ3) is 2.25. The van der Waals surface area contributed by atoms with E-state index in [0.29, 0.717) is 6.04 Å². The molecule has 0 radical (unpaired) electrons. The maximum atomic E-state index is 12.1. The van der Waals surface area contributed by atoms with Gasteiger partial charge in [-0.1, -0.05) is 13.0 Å². The zero-order valence-electron chi connectivity index (χ0n) is 13.2. The lowest BCUT2D eigenvalue weighted by molar-refractivity contribution is -0.0801. The van der Waals surface area contributed by atoms with E-state index in [1.165, 1.54) is 29.5 Å². The second-order valence-electron chi connectivity index (χ2n) is 6.65. The summed E-state index contributed by atoms with van der Waals surface area (Å²) in [6.45, 7) is 5.98. The molecule has 1 aromatic rings. The van der Waals surface area contributed by atoms with Gasteiger partial charge in [-0.3, -0.25) is 9.69 Å². The third-order valence-electron chi connectivity index (χ3n) is 5.31. The Bertz CT molecular complexity index is 597. The molecule has 0 saturated carbocycles. The standard InChI is InChI=1S/C18H24N2O2/c1-2-7-20-8-9-22-17-14-11-15-13(5-6-19-18(15)21)10-12(14)3-4-16(17)20/h10-11,16-17H,2-9H2,1H3,(H,19,21)/t16-,17-/m1/s1. The van der Waals surface area contributed by atoms with Crippen molar-refractivity contribution >= 4 is 5.91 Å². The first-order valence-electron chi connectivity index (χ1n) is 8.57. The first-order valence-corrected chi connectivity index (χ1v) is 8.57. The highest BCUT2D eigenvalue weighted by Gasteiger charge is 2.37. The van der Waals surface area contributed by atoms with Crippen LogP contribution in [0.4, 0.5) is 0 Å². The van der Waals surface area contributed by atoms with Gasteiger partial charge in [0, 0.05) is 24.7 Å². The number of ether oxygens (including phenoxy) is 1. The molecule has 4 rings (SSSR count). The highest BCUT2D eigenvalue weighted by molar-refractivity contribution is 5.97. The molecule has 0 unspecified atom stereocenters. The van der Waals surface area contributed by atoms with Crippen molar-refractivity contribution in [2.45, 2.75) is 44.8 Å². The fourth-order valence-corrected chi connectivity index (χ4v) is 4.28. The van der Waals surface area contributed by atoms with Crippen LogP contribution in [0.25, 0.3) is 0 Å². The highest BCUT2D eigenvalue weighted by atomic mass is 16.5. The van der Waals surface area contributed by atoms with Crippen LogP contribution in [0.3, 0.4) is 0 Å². The van der Waals surface area contributed by atoms with E-state index in [1.54, 1.807) is 0 Å². The Morgan fingerprint density at radius 2 is 2.23 bits per heavy atom. The van der Waals surface area contributed by atoms with E-state index in [1.807, 2.05) is 0 Å². The van der Waals surface area contributed by atoms with Crippen LogP contribution in [0.1, 0.15) is 52.9 Å². The molecule has 2 atom stereocenters.